The number of hydrogen-bond donors (Lipinski definition) is 1. The summed E-state index contributed by atoms with van der Waals surface area (Å²) in [5.74, 6) is 1.60. The zero-order valence-corrected chi connectivity index (χ0v) is 31.9. The third-order valence-corrected chi connectivity index (χ3v) is 16.2. The normalized spacial score (nSPS) is 41.3. The quantitative estimate of drug-likeness (QED) is 0.261. The number of Topliss-reactive ketones (excluding diaryl/α,β-unsaturated/α-hetero) is 1. The molecule has 1 N–H and O–H groups in total. The molecule has 5 aliphatic carbocycles. The van der Waals surface area contributed by atoms with E-state index in [4.69, 9.17) is 4.74 Å². The van der Waals surface area contributed by atoms with Gasteiger partial charge in [0.25, 0.3) is 0 Å². The van der Waals surface area contributed by atoms with E-state index in [1.807, 2.05) is 0 Å². The average Bonchev–Trinajstić information content (AvgIpc) is 3.29. The highest BCUT2D eigenvalue weighted by Crippen LogP contribution is 2.75. The van der Waals surface area contributed by atoms with Crippen LogP contribution in [-0.2, 0) is 19.1 Å². The molecule has 0 radical (unpaired) electrons. The maximum Gasteiger partial charge on any atom is 0.309 e. The molecule has 48 heavy (non-hydrogen) atoms. The molecule has 0 aromatic rings. The van der Waals surface area contributed by atoms with Crippen LogP contribution in [0.25, 0.3) is 0 Å². The molecule has 1 saturated heterocycles. The summed E-state index contributed by atoms with van der Waals surface area (Å²) in [6.07, 6.45) is 13.7. The largest absolute Gasteiger partial charge is 0.481 e. The summed E-state index contributed by atoms with van der Waals surface area (Å²) >= 11 is 0. The van der Waals surface area contributed by atoms with Gasteiger partial charge in [0.1, 0.15) is 6.10 Å². The average molecular weight is 666 g/mol. The zero-order chi connectivity index (χ0) is 35.0. The van der Waals surface area contributed by atoms with Crippen molar-refractivity contribution in [1.82, 2.24) is 4.90 Å². The van der Waals surface area contributed by atoms with E-state index in [0.29, 0.717) is 29.5 Å². The third kappa shape index (κ3) is 5.56. The van der Waals surface area contributed by atoms with Gasteiger partial charge in [0.05, 0.1) is 11.8 Å². The summed E-state index contributed by atoms with van der Waals surface area (Å²) in [4.78, 5) is 41.7. The highest BCUT2D eigenvalue weighted by molar-refractivity contribution is 6.01. The Kier molecular flexibility index (Phi) is 9.42. The van der Waals surface area contributed by atoms with E-state index < -0.39 is 11.4 Å². The predicted octanol–water partition coefficient (Wildman–Crippen LogP) is 9.11. The minimum atomic E-state index is -1.13. The maximum atomic E-state index is 14.3. The molecule has 6 nitrogen and oxygen atoms in total. The Morgan fingerprint density at radius 2 is 1.56 bits per heavy atom. The van der Waals surface area contributed by atoms with Gasteiger partial charge in [-0.25, -0.2) is 0 Å². The number of nitrogens with zero attached hydrogens (tertiary/aromatic N) is 1. The summed E-state index contributed by atoms with van der Waals surface area (Å²) in [7, 11) is 0. The second kappa shape index (κ2) is 12.5. The number of piperidine rings is 1. The molecular weight excluding hydrogens is 598 g/mol. The second-order valence-corrected chi connectivity index (χ2v) is 19.6. The fourth-order valence-corrected chi connectivity index (χ4v) is 13.4. The lowest BCUT2D eigenvalue weighted by atomic mass is 9.33. The van der Waals surface area contributed by atoms with Crippen LogP contribution >= 0.6 is 0 Å². The van der Waals surface area contributed by atoms with Gasteiger partial charge < -0.3 is 14.7 Å². The molecule has 0 spiro atoms. The number of likely N-dealkylation sites (tertiary alicyclic amines) is 1. The van der Waals surface area contributed by atoms with Gasteiger partial charge in [-0.2, -0.15) is 0 Å². The number of carbonyl (C=O) groups excluding carboxylic acids is 2. The Bertz CT molecular complexity index is 1320. The molecule has 5 fully saturated rings. The van der Waals surface area contributed by atoms with Crippen LogP contribution in [0.2, 0.25) is 0 Å². The van der Waals surface area contributed by atoms with Crippen molar-refractivity contribution < 1.29 is 24.2 Å². The fraction of sp³-hybridized carbons (Fsp3) is 0.881. The summed E-state index contributed by atoms with van der Waals surface area (Å²) in [6, 6.07) is 0. The molecule has 6 heteroatoms. The molecular formula is C42H67NO5. The monoisotopic (exact) mass is 666 g/mol. The fourth-order valence-electron chi connectivity index (χ4n) is 13.4. The highest BCUT2D eigenvalue weighted by Gasteiger charge is 2.69. The number of carboxylic acids is 1. The molecule has 9 atom stereocenters. The number of ketones is 1. The Labute approximate surface area is 291 Å². The third-order valence-electron chi connectivity index (χ3n) is 16.2. The molecule has 1 aliphatic heterocycles. The van der Waals surface area contributed by atoms with Crippen LogP contribution < -0.4 is 0 Å². The minimum Gasteiger partial charge on any atom is -0.481 e. The van der Waals surface area contributed by atoms with Gasteiger partial charge in [-0.1, -0.05) is 60.5 Å². The van der Waals surface area contributed by atoms with Crippen molar-refractivity contribution in [3.8, 4) is 0 Å². The number of rotatable bonds is 8. The SMILES string of the molecule is CC(C)C1=C2C(CC[C@]3(C)[C@@H]2CCC2[C@@]4(C)CC[C@H](OC(=O)CC(C)(C)C(=O)O)C(C)(C)C4CC[C@]23C)[C@H](CCN2CCCCC2)C1=O. The van der Waals surface area contributed by atoms with E-state index >= 15 is 0 Å². The van der Waals surface area contributed by atoms with Crippen LogP contribution in [0.15, 0.2) is 11.1 Å². The molecule has 6 aliphatic rings. The molecule has 0 aromatic carbocycles. The van der Waals surface area contributed by atoms with Gasteiger partial charge in [0, 0.05) is 11.3 Å². The molecule has 0 bridgehead atoms. The molecule has 6 rings (SSSR count). The van der Waals surface area contributed by atoms with Crippen LogP contribution in [0.5, 0.6) is 0 Å². The number of hydrogen-bond acceptors (Lipinski definition) is 5. The van der Waals surface area contributed by atoms with Gasteiger partial charge >= 0.3 is 11.9 Å². The molecule has 0 amide bonds. The van der Waals surface area contributed by atoms with Crippen LogP contribution in [0.3, 0.4) is 0 Å². The van der Waals surface area contributed by atoms with Gasteiger partial charge in [-0.15, -0.1) is 0 Å². The Balaban J connectivity index is 1.23. The van der Waals surface area contributed by atoms with Crippen molar-refractivity contribution >= 4 is 17.7 Å². The van der Waals surface area contributed by atoms with E-state index in [9.17, 15) is 19.5 Å². The van der Waals surface area contributed by atoms with Crippen molar-refractivity contribution in [3.63, 3.8) is 0 Å². The first-order valence-electron chi connectivity index (χ1n) is 19.8. The lowest BCUT2D eigenvalue weighted by molar-refractivity contribution is -0.232. The molecule has 4 saturated carbocycles. The molecule has 0 aromatic heterocycles. The van der Waals surface area contributed by atoms with Gasteiger partial charge in [-0.3, -0.25) is 14.4 Å². The van der Waals surface area contributed by atoms with Crippen molar-refractivity contribution in [3.05, 3.63) is 11.1 Å². The van der Waals surface area contributed by atoms with Crippen LogP contribution in [0.1, 0.15) is 146 Å². The number of fused-ring (bicyclic) bond motifs is 7. The van der Waals surface area contributed by atoms with Gasteiger partial charge in [0.15, 0.2) is 5.78 Å². The standard InChI is InChI=1S/C42H67NO5/c1-26(2)34-35-27(28(36(34)45)18-24-43-22-11-10-12-23-43)15-20-41(8)29(35)13-14-31-40(7)19-17-32(48-33(44)25-38(3,4)37(46)47)39(5,6)30(40)16-21-42(31,41)9/h26-32H,10-25H2,1-9H3,(H,46,47)/t27?,28-,29+,30?,31?,32-,40-,41+,42+/m0/s1. The van der Waals surface area contributed by atoms with Crippen LogP contribution in [0, 0.1) is 62.6 Å². The van der Waals surface area contributed by atoms with Crippen molar-refractivity contribution in [2.45, 2.75) is 152 Å². The smallest absolute Gasteiger partial charge is 0.309 e. The van der Waals surface area contributed by atoms with Crippen LogP contribution in [0.4, 0.5) is 0 Å². The number of carboxylic acid groups (broad SMARTS) is 1. The molecule has 3 unspecified atom stereocenters. The number of ether oxygens (including phenoxy) is 1. The van der Waals surface area contributed by atoms with E-state index in [1.54, 1.807) is 19.4 Å². The van der Waals surface area contributed by atoms with E-state index in [0.717, 1.165) is 38.6 Å². The summed E-state index contributed by atoms with van der Waals surface area (Å²) in [6.45, 7) is 23.7. The predicted molar refractivity (Wildman–Crippen MR) is 190 cm³/mol. The molecule has 270 valence electrons. The minimum absolute atomic E-state index is 0.103. The number of aliphatic carboxylic acids is 1. The topological polar surface area (TPSA) is 83.9 Å². The maximum absolute atomic E-state index is 14.3. The Hall–Kier alpha value is -1.69. The lowest BCUT2D eigenvalue weighted by Crippen LogP contribution is -2.65. The molecule has 1 heterocycles. The number of allylic oxidation sites excluding steroid dienone is 2. The zero-order valence-electron chi connectivity index (χ0n) is 31.9. The Morgan fingerprint density at radius 1 is 0.896 bits per heavy atom. The summed E-state index contributed by atoms with van der Waals surface area (Å²) < 4.78 is 6.17. The van der Waals surface area contributed by atoms with Crippen molar-refractivity contribution in [1.29, 1.82) is 0 Å². The van der Waals surface area contributed by atoms with E-state index in [-0.39, 0.29) is 52.0 Å². The van der Waals surface area contributed by atoms with Crippen molar-refractivity contribution in [2.24, 2.45) is 62.6 Å². The van der Waals surface area contributed by atoms with Crippen molar-refractivity contribution in [2.75, 3.05) is 19.6 Å². The first-order valence-corrected chi connectivity index (χ1v) is 19.8. The number of carbonyl (C=O) groups is 3. The first-order chi connectivity index (χ1) is 22.4. The summed E-state index contributed by atoms with van der Waals surface area (Å²) in [5, 5.41) is 9.59. The van der Waals surface area contributed by atoms with Crippen LogP contribution in [-0.4, -0.2) is 53.5 Å². The first kappa shape index (κ1) is 36.1. The lowest BCUT2D eigenvalue weighted by Gasteiger charge is -2.71. The van der Waals surface area contributed by atoms with E-state index in [2.05, 4.69) is 53.4 Å². The highest BCUT2D eigenvalue weighted by atomic mass is 16.5. The Morgan fingerprint density at radius 3 is 2.21 bits per heavy atom. The van der Waals surface area contributed by atoms with Gasteiger partial charge in [-0.05, 0) is 156 Å². The van der Waals surface area contributed by atoms with E-state index in [1.165, 1.54) is 63.6 Å². The number of esters is 1. The second-order valence-electron chi connectivity index (χ2n) is 19.6. The van der Waals surface area contributed by atoms with Gasteiger partial charge in [0.2, 0.25) is 0 Å². The summed E-state index contributed by atoms with van der Waals surface area (Å²) in [5.41, 5.74) is 2.03.